The van der Waals surface area contributed by atoms with Crippen LogP contribution in [0.4, 0.5) is 5.69 Å². The molecule has 4 nitrogen and oxygen atoms in total. The molecule has 0 aliphatic carbocycles. The van der Waals surface area contributed by atoms with E-state index in [9.17, 15) is 4.79 Å². The molecule has 4 heteroatoms. The third-order valence-electron chi connectivity index (χ3n) is 4.51. The molecule has 1 aromatic heterocycles. The van der Waals surface area contributed by atoms with Gasteiger partial charge in [0.2, 0.25) is 0 Å². The van der Waals surface area contributed by atoms with E-state index in [1.54, 1.807) is 4.90 Å². The number of pyridine rings is 1. The summed E-state index contributed by atoms with van der Waals surface area (Å²) in [6.07, 6.45) is 2.88. The fourth-order valence-electron chi connectivity index (χ4n) is 3.09. The highest BCUT2D eigenvalue weighted by Gasteiger charge is 2.18. The van der Waals surface area contributed by atoms with Crippen LogP contribution in [0.3, 0.4) is 0 Å². The summed E-state index contributed by atoms with van der Waals surface area (Å²) in [7, 11) is 0. The van der Waals surface area contributed by atoms with Crippen LogP contribution in [0.25, 0.3) is 0 Å². The zero-order chi connectivity index (χ0) is 16.2. The van der Waals surface area contributed by atoms with Gasteiger partial charge in [-0.2, -0.15) is 0 Å². The van der Waals surface area contributed by atoms with Crippen molar-refractivity contribution in [3.63, 3.8) is 0 Å². The van der Waals surface area contributed by atoms with Crippen LogP contribution in [0.15, 0.2) is 42.6 Å². The van der Waals surface area contributed by atoms with Gasteiger partial charge >= 0.3 is 0 Å². The molecule has 0 unspecified atom stereocenters. The first-order valence-corrected chi connectivity index (χ1v) is 8.30. The first kappa shape index (κ1) is 15.5. The number of carbonyl (C=O) groups excluding carboxylic acids is 1. The predicted molar refractivity (Wildman–Crippen MR) is 92.7 cm³/mol. The maximum absolute atomic E-state index is 12.3. The van der Waals surface area contributed by atoms with Gasteiger partial charge in [-0.05, 0) is 43.5 Å². The second kappa shape index (κ2) is 6.82. The average Bonchev–Trinajstić information content (AvgIpc) is 2.62. The summed E-state index contributed by atoms with van der Waals surface area (Å²) in [6, 6.07) is 12.4. The van der Waals surface area contributed by atoms with Gasteiger partial charge in [-0.3, -0.25) is 4.79 Å². The van der Waals surface area contributed by atoms with Gasteiger partial charge in [0.05, 0.1) is 11.9 Å². The van der Waals surface area contributed by atoms with Gasteiger partial charge in [-0.25, -0.2) is 4.98 Å². The van der Waals surface area contributed by atoms with Gasteiger partial charge in [-0.1, -0.05) is 24.3 Å². The highest BCUT2D eigenvalue weighted by Crippen LogP contribution is 2.24. The molecule has 1 aromatic carbocycles. The zero-order valence-corrected chi connectivity index (χ0v) is 13.8. The topological polar surface area (TPSA) is 36.4 Å². The summed E-state index contributed by atoms with van der Waals surface area (Å²) in [6.45, 7) is 7.29. The summed E-state index contributed by atoms with van der Waals surface area (Å²) in [5, 5.41) is 0. The van der Waals surface area contributed by atoms with Crippen LogP contribution in [-0.2, 0) is 13.0 Å². The summed E-state index contributed by atoms with van der Waals surface area (Å²) < 4.78 is 0. The minimum atomic E-state index is 0.00513. The molecule has 0 N–H and O–H groups in total. The molecule has 1 aliphatic rings. The summed E-state index contributed by atoms with van der Waals surface area (Å²) >= 11 is 0. The van der Waals surface area contributed by atoms with Crippen molar-refractivity contribution in [1.29, 1.82) is 0 Å². The number of benzene rings is 1. The van der Waals surface area contributed by atoms with Gasteiger partial charge in [0.15, 0.2) is 0 Å². The highest BCUT2D eigenvalue weighted by atomic mass is 16.2. The quantitative estimate of drug-likeness (QED) is 0.870. The van der Waals surface area contributed by atoms with Gasteiger partial charge < -0.3 is 9.80 Å². The molecule has 0 fully saturated rings. The predicted octanol–water partition coefficient (Wildman–Crippen LogP) is 3.13. The minimum Gasteiger partial charge on any atom is -0.366 e. The van der Waals surface area contributed by atoms with E-state index in [0.29, 0.717) is 18.8 Å². The van der Waals surface area contributed by atoms with Gasteiger partial charge in [-0.15, -0.1) is 0 Å². The third-order valence-corrected chi connectivity index (χ3v) is 4.51. The molecule has 1 amide bonds. The Morgan fingerprint density at radius 2 is 1.87 bits per heavy atom. The van der Waals surface area contributed by atoms with Gasteiger partial charge in [0.25, 0.3) is 5.91 Å². The summed E-state index contributed by atoms with van der Waals surface area (Å²) in [5.41, 5.74) is 4.41. The number of nitrogens with zero attached hydrogens (tertiary/aromatic N) is 3. The molecule has 0 atom stereocenters. The Kier molecular flexibility index (Phi) is 4.60. The molecule has 1 aliphatic heterocycles. The van der Waals surface area contributed by atoms with Crippen molar-refractivity contribution in [2.24, 2.45) is 0 Å². The molecule has 120 valence electrons. The number of rotatable bonds is 4. The lowest BCUT2D eigenvalue weighted by Gasteiger charge is -2.30. The lowest BCUT2D eigenvalue weighted by Crippen LogP contribution is -2.32. The van der Waals surface area contributed by atoms with Gasteiger partial charge in [0, 0.05) is 26.2 Å². The molecular weight excluding hydrogens is 286 g/mol. The average molecular weight is 309 g/mol. The van der Waals surface area contributed by atoms with E-state index in [2.05, 4.69) is 34.1 Å². The van der Waals surface area contributed by atoms with Crippen LogP contribution < -0.4 is 4.90 Å². The first-order valence-electron chi connectivity index (χ1n) is 8.30. The largest absolute Gasteiger partial charge is 0.366 e. The van der Waals surface area contributed by atoms with Crippen LogP contribution in [0.2, 0.25) is 0 Å². The van der Waals surface area contributed by atoms with Crippen molar-refractivity contribution in [3.05, 3.63) is 59.4 Å². The van der Waals surface area contributed by atoms with E-state index in [-0.39, 0.29) is 5.91 Å². The van der Waals surface area contributed by atoms with Crippen LogP contribution in [0.1, 0.15) is 35.5 Å². The Bertz CT molecular complexity index is 677. The van der Waals surface area contributed by atoms with E-state index in [1.165, 1.54) is 11.1 Å². The fourth-order valence-corrected chi connectivity index (χ4v) is 3.09. The second-order valence-corrected chi connectivity index (χ2v) is 5.82. The SMILES string of the molecule is CCN(CC)C(=O)c1ccc(N2CCc3ccccc3C2)cn1. The summed E-state index contributed by atoms with van der Waals surface area (Å²) in [4.78, 5) is 20.8. The lowest BCUT2D eigenvalue weighted by molar-refractivity contribution is 0.0767. The molecule has 2 aromatic rings. The molecule has 0 spiro atoms. The number of aromatic nitrogens is 1. The number of amides is 1. The monoisotopic (exact) mass is 309 g/mol. The number of hydrogen-bond acceptors (Lipinski definition) is 3. The molecule has 0 radical (unpaired) electrons. The van der Waals surface area contributed by atoms with Crippen LogP contribution in [0.5, 0.6) is 0 Å². The number of anilines is 1. The second-order valence-electron chi connectivity index (χ2n) is 5.82. The van der Waals surface area contributed by atoms with Crippen molar-refractivity contribution < 1.29 is 4.79 Å². The van der Waals surface area contributed by atoms with E-state index < -0.39 is 0 Å². The Morgan fingerprint density at radius 3 is 2.52 bits per heavy atom. The van der Waals surface area contributed by atoms with Crippen molar-refractivity contribution in [3.8, 4) is 0 Å². The Labute approximate surface area is 137 Å². The van der Waals surface area contributed by atoms with Crippen molar-refractivity contribution in [2.75, 3.05) is 24.5 Å². The Balaban J connectivity index is 1.75. The molecule has 23 heavy (non-hydrogen) atoms. The smallest absolute Gasteiger partial charge is 0.272 e. The molecule has 2 heterocycles. The first-order chi connectivity index (χ1) is 11.2. The van der Waals surface area contributed by atoms with E-state index in [1.807, 2.05) is 32.2 Å². The molecular formula is C19H23N3O. The number of carbonyl (C=O) groups is 1. The Morgan fingerprint density at radius 1 is 1.13 bits per heavy atom. The molecule has 0 saturated heterocycles. The highest BCUT2D eigenvalue weighted by molar-refractivity contribution is 5.92. The van der Waals surface area contributed by atoms with E-state index in [0.717, 1.165) is 25.2 Å². The summed E-state index contributed by atoms with van der Waals surface area (Å²) in [5.74, 6) is 0.00513. The normalized spacial score (nSPS) is 13.6. The number of fused-ring (bicyclic) bond motifs is 1. The van der Waals surface area contributed by atoms with Crippen LogP contribution >= 0.6 is 0 Å². The van der Waals surface area contributed by atoms with Crippen molar-refractivity contribution >= 4 is 11.6 Å². The van der Waals surface area contributed by atoms with E-state index >= 15 is 0 Å². The van der Waals surface area contributed by atoms with Crippen molar-refractivity contribution in [2.45, 2.75) is 26.8 Å². The van der Waals surface area contributed by atoms with Crippen LogP contribution in [0, 0.1) is 0 Å². The maximum Gasteiger partial charge on any atom is 0.272 e. The number of hydrogen-bond donors (Lipinski definition) is 0. The maximum atomic E-state index is 12.3. The van der Waals surface area contributed by atoms with Gasteiger partial charge in [0.1, 0.15) is 5.69 Å². The van der Waals surface area contributed by atoms with E-state index in [4.69, 9.17) is 0 Å². The fraction of sp³-hybridized carbons (Fsp3) is 0.368. The molecule has 0 bridgehead atoms. The molecule has 3 rings (SSSR count). The lowest BCUT2D eigenvalue weighted by atomic mass is 10.00. The third kappa shape index (κ3) is 3.21. The van der Waals surface area contributed by atoms with Crippen LogP contribution in [-0.4, -0.2) is 35.4 Å². The molecule has 0 saturated carbocycles. The van der Waals surface area contributed by atoms with Crippen molar-refractivity contribution in [1.82, 2.24) is 9.88 Å². The minimum absolute atomic E-state index is 0.00513. The zero-order valence-electron chi connectivity index (χ0n) is 13.8. The standard InChI is InChI=1S/C19H23N3O/c1-3-21(4-2)19(23)18-10-9-17(13-20-18)22-12-11-15-7-5-6-8-16(15)14-22/h5-10,13H,3-4,11-12,14H2,1-2H3. The Hall–Kier alpha value is -2.36.